The molecule has 0 aromatic heterocycles. The van der Waals surface area contributed by atoms with E-state index < -0.39 is 6.10 Å². The van der Waals surface area contributed by atoms with E-state index >= 15 is 0 Å². The Balaban J connectivity index is 0.000000454. The van der Waals surface area contributed by atoms with Crippen LogP contribution < -0.4 is 0 Å². The predicted molar refractivity (Wildman–Crippen MR) is 125 cm³/mol. The molecule has 4 rings (SSSR count). The molecule has 186 valence electrons. The summed E-state index contributed by atoms with van der Waals surface area (Å²) in [6, 6.07) is 0. The lowest BCUT2D eigenvalue weighted by Gasteiger charge is -2.59. The number of aldehydes is 1. The maximum absolute atomic E-state index is 11.9. The molecule has 4 aliphatic rings. The molecule has 0 aliphatic heterocycles. The normalized spacial score (nSPS) is 39.9. The molecule has 3 fully saturated rings. The second kappa shape index (κ2) is 10.3. The van der Waals surface area contributed by atoms with E-state index in [1.54, 1.807) is 6.92 Å². The van der Waals surface area contributed by atoms with Gasteiger partial charge in [-0.25, -0.2) is 0 Å². The fourth-order valence-corrected chi connectivity index (χ4v) is 7.49. The average molecular weight is 463 g/mol. The molecule has 0 heterocycles. The molecule has 3 saturated carbocycles. The Kier molecular flexibility index (Phi) is 8.08. The molecule has 0 spiro atoms. The summed E-state index contributed by atoms with van der Waals surface area (Å²) in [6.07, 6.45) is 11.7. The van der Waals surface area contributed by atoms with Crippen molar-refractivity contribution in [2.24, 2.45) is 28.6 Å². The molecule has 3 unspecified atom stereocenters. The monoisotopic (exact) mass is 462 g/mol. The van der Waals surface area contributed by atoms with E-state index in [4.69, 9.17) is 14.6 Å². The predicted octanol–water partition coefficient (Wildman–Crippen LogP) is 4.77. The van der Waals surface area contributed by atoms with Crippen molar-refractivity contribution in [2.45, 2.75) is 111 Å². The highest BCUT2D eigenvalue weighted by atomic mass is 16.6. The van der Waals surface area contributed by atoms with Crippen LogP contribution in [-0.4, -0.2) is 41.6 Å². The summed E-state index contributed by atoms with van der Waals surface area (Å²) in [6.45, 7) is 9.36. The summed E-state index contributed by atoms with van der Waals surface area (Å²) in [5.41, 5.74) is 1.75. The van der Waals surface area contributed by atoms with E-state index in [-0.39, 0.29) is 36.0 Å². The summed E-state index contributed by atoms with van der Waals surface area (Å²) >= 11 is 0. The van der Waals surface area contributed by atoms with E-state index in [0.717, 1.165) is 18.8 Å². The molecule has 0 saturated heterocycles. The largest absolute Gasteiger partial charge is 0.462 e. The third-order valence-electron chi connectivity index (χ3n) is 8.99. The van der Waals surface area contributed by atoms with Crippen molar-refractivity contribution in [1.29, 1.82) is 0 Å². The Hall–Kier alpha value is -1.69. The Morgan fingerprint density at radius 1 is 1.15 bits per heavy atom. The standard InChI is InChI=1S/C23H34O4.C4H8O2/c1-14(24)26-17-12-16-7-8-18-19-6-5-10-22(19,3)11-9-20(18)23(16,4)21(13-17)27-15(2)25;1-4(6)2-3-5/h7,17-21H,5-6,8-13H2,1-4H3;3-4,6H,2H2,1H3/t17?,18-,19-,20-,21?,22-,23-;/m0./s1. The number of hydrogen-bond acceptors (Lipinski definition) is 6. The van der Waals surface area contributed by atoms with Gasteiger partial charge in [-0.15, -0.1) is 0 Å². The molecule has 0 aromatic rings. The molecule has 0 radical (unpaired) electrons. The Morgan fingerprint density at radius 3 is 2.42 bits per heavy atom. The van der Waals surface area contributed by atoms with Gasteiger partial charge in [0, 0.05) is 38.5 Å². The molecular formula is C27H42O6. The van der Waals surface area contributed by atoms with E-state index in [1.807, 2.05) is 0 Å². The lowest BCUT2D eigenvalue weighted by atomic mass is 9.47. The summed E-state index contributed by atoms with van der Waals surface area (Å²) in [4.78, 5) is 32.9. The van der Waals surface area contributed by atoms with Crippen LogP contribution in [0, 0.1) is 28.6 Å². The van der Waals surface area contributed by atoms with Gasteiger partial charge in [-0.2, -0.15) is 0 Å². The van der Waals surface area contributed by atoms with Crippen molar-refractivity contribution < 1.29 is 29.0 Å². The Labute approximate surface area is 198 Å². The molecule has 8 atom stereocenters. The number of aliphatic hydroxyl groups is 1. The number of fused-ring (bicyclic) bond motifs is 5. The van der Waals surface area contributed by atoms with Gasteiger partial charge in [0.25, 0.3) is 0 Å². The van der Waals surface area contributed by atoms with Crippen molar-refractivity contribution in [1.82, 2.24) is 0 Å². The van der Waals surface area contributed by atoms with Gasteiger partial charge in [0.1, 0.15) is 18.5 Å². The van der Waals surface area contributed by atoms with Gasteiger partial charge in [0.05, 0.1) is 6.10 Å². The zero-order valence-corrected chi connectivity index (χ0v) is 21.0. The van der Waals surface area contributed by atoms with Crippen molar-refractivity contribution in [3.05, 3.63) is 11.6 Å². The summed E-state index contributed by atoms with van der Waals surface area (Å²) in [7, 11) is 0. The molecule has 6 nitrogen and oxygen atoms in total. The van der Waals surface area contributed by atoms with Crippen molar-refractivity contribution in [2.75, 3.05) is 0 Å². The first kappa shape index (κ1) is 25.9. The molecule has 6 heteroatoms. The van der Waals surface area contributed by atoms with Gasteiger partial charge in [-0.3, -0.25) is 9.59 Å². The maximum Gasteiger partial charge on any atom is 0.302 e. The number of ether oxygens (including phenoxy) is 2. The number of allylic oxidation sites excluding steroid dienone is 1. The van der Waals surface area contributed by atoms with Gasteiger partial charge in [-0.05, 0) is 62.2 Å². The van der Waals surface area contributed by atoms with Gasteiger partial charge >= 0.3 is 11.9 Å². The van der Waals surface area contributed by atoms with Crippen molar-refractivity contribution >= 4 is 18.2 Å². The first-order chi connectivity index (χ1) is 15.5. The second-order valence-corrected chi connectivity index (χ2v) is 11.2. The smallest absolute Gasteiger partial charge is 0.302 e. The van der Waals surface area contributed by atoms with Crippen LogP contribution in [0.3, 0.4) is 0 Å². The fraction of sp³-hybridized carbons (Fsp3) is 0.815. The fourth-order valence-electron chi connectivity index (χ4n) is 7.49. The zero-order chi connectivity index (χ0) is 24.4. The minimum absolute atomic E-state index is 0.116. The molecule has 0 amide bonds. The number of carbonyl (C=O) groups is 3. The highest BCUT2D eigenvalue weighted by Crippen LogP contribution is 2.65. The lowest BCUT2D eigenvalue weighted by molar-refractivity contribution is -0.171. The van der Waals surface area contributed by atoms with Crippen LogP contribution in [0.1, 0.15) is 92.4 Å². The minimum atomic E-state index is -0.470. The molecule has 4 aliphatic carbocycles. The van der Waals surface area contributed by atoms with Crippen LogP contribution in [0.5, 0.6) is 0 Å². The third kappa shape index (κ3) is 5.36. The lowest BCUT2D eigenvalue weighted by Crippen LogP contribution is -2.56. The van der Waals surface area contributed by atoms with Crippen LogP contribution >= 0.6 is 0 Å². The molecule has 0 aromatic carbocycles. The first-order valence-electron chi connectivity index (χ1n) is 12.7. The zero-order valence-electron chi connectivity index (χ0n) is 21.0. The number of carbonyl (C=O) groups excluding carboxylic acids is 3. The van der Waals surface area contributed by atoms with Gasteiger partial charge < -0.3 is 19.4 Å². The average Bonchev–Trinajstić information content (AvgIpc) is 3.10. The summed E-state index contributed by atoms with van der Waals surface area (Å²) in [5.74, 6) is 1.58. The van der Waals surface area contributed by atoms with Crippen LogP contribution in [-0.2, 0) is 23.9 Å². The molecule has 1 N–H and O–H groups in total. The van der Waals surface area contributed by atoms with E-state index in [2.05, 4.69) is 19.9 Å². The summed E-state index contributed by atoms with van der Waals surface area (Å²) in [5, 5.41) is 8.32. The quantitative estimate of drug-likeness (QED) is 0.368. The number of aliphatic hydroxyl groups excluding tert-OH is 1. The van der Waals surface area contributed by atoms with Crippen molar-refractivity contribution in [3.63, 3.8) is 0 Å². The van der Waals surface area contributed by atoms with Crippen LogP contribution in [0.25, 0.3) is 0 Å². The number of hydrogen-bond donors (Lipinski definition) is 1. The van der Waals surface area contributed by atoms with Gasteiger partial charge in [0.2, 0.25) is 0 Å². The van der Waals surface area contributed by atoms with Crippen LogP contribution in [0.2, 0.25) is 0 Å². The Morgan fingerprint density at radius 2 is 1.85 bits per heavy atom. The highest BCUT2D eigenvalue weighted by Gasteiger charge is 2.59. The van der Waals surface area contributed by atoms with Crippen LogP contribution in [0.15, 0.2) is 11.6 Å². The van der Waals surface area contributed by atoms with Gasteiger partial charge in [0.15, 0.2) is 0 Å². The number of esters is 2. The second-order valence-electron chi connectivity index (χ2n) is 11.2. The van der Waals surface area contributed by atoms with Gasteiger partial charge in [-0.1, -0.05) is 31.9 Å². The van der Waals surface area contributed by atoms with Crippen molar-refractivity contribution in [3.8, 4) is 0 Å². The summed E-state index contributed by atoms with van der Waals surface area (Å²) < 4.78 is 11.4. The third-order valence-corrected chi connectivity index (χ3v) is 8.99. The highest BCUT2D eigenvalue weighted by molar-refractivity contribution is 5.67. The first-order valence-corrected chi connectivity index (χ1v) is 12.7. The molecular weight excluding hydrogens is 420 g/mol. The van der Waals surface area contributed by atoms with E-state index in [1.165, 1.54) is 51.5 Å². The minimum Gasteiger partial charge on any atom is -0.462 e. The molecule has 0 bridgehead atoms. The van der Waals surface area contributed by atoms with E-state index in [9.17, 15) is 14.4 Å². The molecule has 33 heavy (non-hydrogen) atoms. The van der Waals surface area contributed by atoms with E-state index in [0.29, 0.717) is 30.0 Å². The SMILES string of the molecule is CC(=O)OC1CC2=CC[C@H]3[C@@H]4CCC[C@@]4(C)CC[C@@H]3[C@@]2(C)C(OC(C)=O)C1.CC(O)CC=O. The maximum atomic E-state index is 11.9. The number of rotatable bonds is 4. The topological polar surface area (TPSA) is 89.9 Å². The van der Waals surface area contributed by atoms with Crippen LogP contribution in [0.4, 0.5) is 0 Å². The Bertz CT molecular complexity index is 773.